The fraction of sp³-hybridized carbons (Fsp3) is 0.579. The Balaban J connectivity index is 2.20. The molecule has 0 radical (unpaired) electrons. The highest BCUT2D eigenvalue weighted by atomic mass is 19.1. The van der Waals surface area contributed by atoms with Crippen LogP contribution in [0.4, 0.5) is 9.18 Å². The first-order valence-electron chi connectivity index (χ1n) is 8.73. The van der Waals surface area contributed by atoms with Crippen LogP contribution in [0.5, 0.6) is 0 Å². The molecule has 1 aliphatic rings. The van der Waals surface area contributed by atoms with Gasteiger partial charge in [-0.05, 0) is 52.3 Å². The Morgan fingerprint density at radius 1 is 1.15 bits per heavy atom. The molecule has 6 nitrogen and oxygen atoms in total. The lowest BCUT2D eigenvalue weighted by molar-refractivity contribution is -0.146. The van der Waals surface area contributed by atoms with Crippen molar-refractivity contribution in [3.8, 4) is 0 Å². The van der Waals surface area contributed by atoms with Crippen molar-refractivity contribution in [1.29, 1.82) is 0 Å². The molecule has 1 unspecified atom stereocenters. The third-order valence-electron chi connectivity index (χ3n) is 4.41. The normalized spacial score (nSPS) is 22.8. The van der Waals surface area contributed by atoms with Gasteiger partial charge < -0.3 is 14.7 Å². The highest BCUT2D eigenvalue weighted by molar-refractivity contribution is 5.76. The molecular weight excluding hydrogens is 339 g/mol. The Hall–Kier alpha value is -2.15. The first kappa shape index (κ1) is 20.2. The smallest absolute Gasteiger partial charge is 0.410 e. The fourth-order valence-electron chi connectivity index (χ4n) is 3.21. The van der Waals surface area contributed by atoms with E-state index >= 15 is 0 Å². The van der Waals surface area contributed by atoms with Crippen LogP contribution in [0.1, 0.15) is 46.2 Å². The molecule has 26 heavy (non-hydrogen) atoms. The number of ether oxygens (including phenoxy) is 1. The Labute approximate surface area is 153 Å². The third-order valence-corrected chi connectivity index (χ3v) is 4.41. The molecule has 0 saturated carbocycles. The number of amides is 1. The van der Waals surface area contributed by atoms with E-state index in [1.807, 2.05) is 39.5 Å². The van der Waals surface area contributed by atoms with Crippen molar-refractivity contribution in [2.24, 2.45) is 0 Å². The van der Waals surface area contributed by atoms with Gasteiger partial charge in [0.25, 0.3) is 0 Å². The lowest BCUT2D eigenvalue weighted by atomic mass is 10.00. The summed E-state index contributed by atoms with van der Waals surface area (Å²) in [5.41, 5.74) is -0.0711. The Morgan fingerprint density at radius 3 is 2.23 bits per heavy atom. The first-order chi connectivity index (χ1) is 12.0. The van der Waals surface area contributed by atoms with Gasteiger partial charge in [0, 0.05) is 25.2 Å². The molecule has 1 aliphatic heterocycles. The van der Waals surface area contributed by atoms with E-state index in [1.54, 1.807) is 4.90 Å². The van der Waals surface area contributed by atoms with Gasteiger partial charge in [-0.25, -0.2) is 9.18 Å². The van der Waals surface area contributed by atoms with Gasteiger partial charge in [-0.15, -0.1) is 0 Å². The minimum absolute atomic E-state index is 0.190. The number of carboxylic acids is 1. The van der Waals surface area contributed by atoms with E-state index in [2.05, 4.69) is 0 Å². The molecule has 1 N–H and O–H groups in total. The molecule has 0 aliphatic carbocycles. The molecule has 1 amide bonds. The Bertz CT molecular complexity index is 656. The second kappa shape index (κ2) is 7.61. The molecule has 0 spiro atoms. The van der Waals surface area contributed by atoms with Crippen molar-refractivity contribution >= 4 is 12.1 Å². The molecule has 144 valence electrons. The van der Waals surface area contributed by atoms with E-state index in [0.29, 0.717) is 18.7 Å². The fourth-order valence-corrected chi connectivity index (χ4v) is 3.21. The zero-order valence-corrected chi connectivity index (χ0v) is 15.9. The zero-order valence-electron chi connectivity index (χ0n) is 15.9. The van der Waals surface area contributed by atoms with E-state index in [-0.39, 0.29) is 12.1 Å². The number of hydrogen-bond donors (Lipinski definition) is 1. The van der Waals surface area contributed by atoms with Gasteiger partial charge in [-0.3, -0.25) is 9.69 Å². The van der Waals surface area contributed by atoms with Gasteiger partial charge in [0.15, 0.2) is 0 Å². The van der Waals surface area contributed by atoms with Gasteiger partial charge in [-0.2, -0.15) is 0 Å². The van der Waals surface area contributed by atoms with Crippen molar-refractivity contribution < 1.29 is 23.8 Å². The number of nitrogens with zero attached hydrogens (tertiary/aromatic N) is 2. The highest BCUT2D eigenvalue weighted by Gasteiger charge is 2.40. The molecule has 3 atom stereocenters. The quantitative estimate of drug-likeness (QED) is 0.889. The zero-order chi connectivity index (χ0) is 19.6. The summed E-state index contributed by atoms with van der Waals surface area (Å²) in [4.78, 5) is 27.8. The number of aliphatic carboxylic acids is 1. The average molecular weight is 366 g/mol. The maximum Gasteiger partial charge on any atom is 0.410 e. The van der Waals surface area contributed by atoms with Crippen LogP contribution >= 0.6 is 0 Å². The average Bonchev–Trinajstić information content (AvgIpc) is 2.50. The number of hydrogen-bond acceptors (Lipinski definition) is 4. The van der Waals surface area contributed by atoms with Gasteiger partial charge in [-0.1, -0.05) is 12.1 Å². The Morgan fingerprint density at radius 2 is 1.73 bits per heavy atom. The van der Waals surface area contributed by atoms with Crippen LogP contribution in [0.25, 0.3) is 0 Å². The molecule has 1 saturated heterocycles. The summed E-state index contributed by atoms with van der Waals surface area (Å²) in [6.07, 6.45) is -0.398. The summed E-state index contributed by atoms with van der Waals surface area (Å²) in [5.74, 6) is -1.41. The predicted octanol–water partition coefficient (Wildman–Crippen LogP) is 3.28. The van der Waals surface area contributed by atoms with E-state index < -0.39 is 29.5 Å². The molecule has 1 fully saturated rings. The summed E-state index contributed by atoms with van der Waals surface area (Å²) in [6, 6.07) is 4.21. The lowest BCUT2D eigenvalue weighted by Gasteiger charge is -2.46. The summed E-state index contributed by atoms with van der Waals surface area (Å²) in [7, 11) is 0. The van der Waals surface area contributed by atoms with Gasteiger partial charge in [0.2, 0.25) is 0 Å². The highest BCUT2D eigenvalue weighted by Crippen LogP contribution is 2.29. The van der Waals surface area contributed by atoms with Gasteiger partial charge in [0.1, 0.15) is 17.5 Å². The van der Waals surface area contributed by atoms with Crippen molar-refractivity contribution in [1.82, 2.24) is 9.80 Å². The maximum absolute atomic E-state index is 13.2. The predicted molar refractivity (Wildman–Crippen MR) is 95.3 cm³/mol. The molecule has 1 aromatic carbocycles. The summed E-state index contributed by atoms with van der Waals surface area (Å²) < 4.78 is 18.6. The topological polar surface area (TPSA) is 70.1 Å². The summed E-state index contributed by atoms with van der Waals surface area (Å²) in [5, 5.41) is 9.74. The molecule has 1 heterocycles. The summed E-state index contributed by atoms with van der Waals surface area (Å²) in [6.45, 7) is 9.92. The van der Waals surface area contributed by atoms with Crippen LogP contribution in [0.15, 0.2) is 24.3 Å². The van der Waals surface area contributed by atoms with Crippen LogP contribution < -0.4 is 0 Å². The lowest BCUT2D eigenvalue weighted by Crippen LogP contribution is -2.60. The van der Waals surface area contributed by atoms with E-state index in [1.165, 1.54) is 24.3 Å². The van der Waals surface area contributed by atoms with Crippen molar-refractivity contribution in [3.05, 3.63) is 35.6 Å². The van der Waals surface area contributed by atoms with Gasteiger partial charge >= 0.3 is 12.1 Å². The second-order valence-corrected chi connectivity index (χ2v) is 7.82. The van der Waals surface area contributed by atoms with E-state index in [9.17, 15) is 19.1 Å². The van der Waals surface area contributed by atoms with Crippen molar-refractivity contribution in [2.75, 3.05) is 13.1 Å². The maximum atomic E-state index is 13.2. The second-order valence-electron chi connectivity index (χ2n) is 7.82. The number of piperazine rings is 1. The number of carbonyl (C=O) groups excluding carboxylic acids is 1. The SMILES string of the molecule is C[C@@H]1CN(C(=O)OC(C)(C)C)[C@@H](C)CN1C(C(=O)O)c1ccc(F)cc1. The van der Waals surface area contributed by atoms with Crippen molar-refractivity contribution in [2.45, 2.75) is 58.3 Å². The van der Waals surface area contributed by atoms with Crippen LogP contribution in [0.3, 0.4) is 0 Å². The largest absolute Gasteiger partial charge is 0.480 e. The monoisotopic (exact) mass is 366 g/mol. The third kappa shape index (κ3) is 4.72. The van der Waals surface area contributed by atoms with Crippen LogP contribution in [0, 0.1) is 5.82 Å². The summed E-state index contributed by atoms with van der Waals surface area (Å²) >= 11 is 0. The number of rotatable bonds is 3. The molecule has 7 heteroatoms. The van der Waals surface area contributed by atoms with E-state index in [4.69, 9.17) is 4.74 Å². The van der Waals surface area contributed by atoms with E-state index in [0.717, 1.165) is 0 Å². The van der Waals surface area contributed by atoms with Crippen LogP contribution in [-0.2, 0) is 9.53 Å². The number of carbonyl (C=O) groups is 2. The van der Waals surface area contributed by atoms with Gasteiger partial charge in [0.05, 0.1) is 0 Å². The van der Waals surface area contributed by atoms with Crippen LogP contribution in [0.2, 0.25) is 0 Å². The molecule has 0 aromatic heterocycles. The number of benzene rings is 1. The standard InChI is InChI=1S/C19H27FN2O4/c1-12-11-22(18(25)26-19(3,4)5)13(2)10-21(12)16(17(23)24)14-6-8-15(20)9-7-14/h6-9,12-13,16H,10-11H2,1-5H3,(H,23,24)/t12-,13+,16?/m1/s1. The molecular formula is C19H27FN2O4. The minimum atomic E-state index is -0.999. The number of halogens is 1. The molecule has 2 rings (SSSR count). The minimum Gasteiger partial charge on any atom is -0.480 e. The van der Waals surface area contributed by atoms with Crippen molar-refractivity contribution in [3.63, 3.8) is 0 Å². The van der Waals surface area contributed by atoms with Crippen LogP contribution in [-0.4, -0.2) is 57.7 Å². The number of carboxylic acid groups (broad SMARTS) is 1. The molecule has 1 aromatic rings. The Kier molecular flexibility index (Phi) is 5.91. The molecule has 0 bridgehead atoms. The first-order valence-corrected chi connectivity index (χ1v) is 8.73.